The van der Waals surface area contributed by atoms with Crippen molar-refractivity contribution in [1.82, 2.24) is 0 Å². The summed E-state index contributed by atoms with van der Waals surface area (Å²) in [6, 6.07) is 0. The van der Waals surface area contributed by atoms with Gasteiger partial charge in [0.2, 0.25) is 0 Å². The average Bonchev–Trinajstić information content (AvgIpc) is 0. The van der Waals surface area contributed by atoms with E-state index in [9.17, 15) is 0 Å². The van der Waals surface area contributed by atoms with Crippen LogP contribution in [0.5, 0.6) is 0 Å². The zero-order valence-corrected chi connectivity index (χ0v) is 8.93. The quantitative estimate of drug-likeness (QED) is 0.317. The molecular formula is Al4Li2. The summed E-state index contributed by atoms with van der Waals surface area (Å²) in [7, 11) is 0. The molecule has 0 rings (SSSR count). The monoisotopic (exact) mass is 122 g/mol. The fraction of sp³-hybridized carbons (Fsp3) is 0. The van der Waals surface area contributed by atoms with E-state index in [1.54, 1.807) is 0 Å². The first-order valence-electron chi connectivity index (χ1n) is 0. The fourth-order valence-electron chi connectivity index (χ4n) is 0. The summed E-state index contributed by atoms with van der Waals surface area (Å²) >= 11 is 0. The normalized spacial score (nSPS) is 0. The van der Waals surface area contributed by atoms with Crippen molar-refractivity contribution in [3.8, 4) is 0 Å². The molecule has 6 heavy (non-hydrogen) atoms. The van der Waals surface area contributed by atoms with Crippen LogP contribution in [0, 0.1) is 0 Å². The fourth-order valence-corrected chi connectivity index (χ4v) is 0. The third-order valence-electron chi connectivity index (χ3n) is 0. The van der Waals surface area contributed by atoms with Gasteiger partial charge in [0.05, 0.1) is 0 Å². The van der Waals surface area contributed by atoms with Crippen molar-refractivity contribution in [2.75, 3.05) is 0 Å². The molecule has 0 aromatic rings. The summed E-state index contributed by atoms with van der Waals surface area (Å²) in [4.78, 5) is 0. The Labute approximate surface area is 105 Å². The van der Waals surface area contributed by atoms with Crippen LogP contribution < -0.4 is 0 Å². The molecule has 0 unspecified atom stereocenters. The zero-order chi connectivity index (χ0) is 0. The van der Waals surface area contributed by atoms with E-state index in [1.807, 2.05) is 0 Å². The molecule has 0 aromatic carbocycles. The van der Waals surface area contributed by atoms with Crippen LogP contribution in [0.2, 0.25) is 0 Å². The third-order valence-corrected chi connectivity index (χ3v) is 0. The molecule has 0 atom stereocenters. The van der Waals surface area contributed by atoms with Crippen LogP contribution in [-0.2, 0) is 0 Å². The van der Waals surface area contributed by atoms with E-state index in [1.165, 1.54) is 0 Å². The molecule has 0 aromatic heterocycles. The van der Waals surface area contributed by atoms with Gasteiger partial charge in [-0.1, -0.05) is 0 Å². The van der Waals surface area contributed by atoms with E-state index >= 15 is 0 Å². The molecule has 0 fully saturated rings. The van der Waals surface area contributed by atoms with Crippen LogP contribution in [0.15, 0.2) is 0 Å². The van der Waals surface area contributed by atoms with Gasteiger partial charge in [0.1, 0.15) is 0 Å². The Hall–Kier alpha value is 3.32. The molecule has 14 radical (unpaired) electrons. The molecule has 0 aliphatic rings. The number of rotatable bonds is 0. The summed E-state index contributed by atoms with van der Waals surface area (Å²) in [5, 5.41) is 0. The molecular weight excluding hydrogens is 122 g/mol. The van der Waals surface area contributed by atoms with Gasteiger partial charge in [-0.2, -0.15) is 0 Å². The molecule has 6 heteroatoms. The van der Waals surface area contributed by atoms with E-state index in [0.29, 0.717) is 0 Å². The van der Waals surface area contributed by atoms with Crippen LogP contribution in [0.4, 0.5) is 0 Å². The molecule has 0 aliphatic heterocycles. The molecule has 14 valence electrons. The van der Waals surface area contributed by atoms with E-state index in [0.717, 1.165) is 0 Å². The largest absolute Gasteiger partial charge is 0 e. The Morgan fingerprint density at radius 1 is 0.333 bits per heavy atom. The van der Waals surface area contributed by atoms with Gasteiger partial charge in [0.15, 0.2) is 0 Å². The summed E-state index contributed by atoms with van der Waals surface area (Å²) in [5.41, 5.74) is 0. The Morgan fingerprint density at radius 3 is 0.333 bits per heavy atom. The summed E-state index contributed by atoms with van der Waals surface area (Å²) in [6.45, 7) is 0. The first-order valence-corrected chi connectivity index (χ1v) is 0. The van der Waals surface area contributed by atoms with Gasteiger partial charge in [-0.25, -0.2) is 0 Å². The maximum absolute atomic E-state index is 0. The zero-order valence-electron chi connectivity index (χ0n) is 4.31. The number of hydrogen-bond acceptors (Lipinski definition) is 0. The van der Waals surface area contributed by atoms with Gasteiger partial charge in [-0.05, 0) is 0 Å². The van der Waals surface area contributed by atoms with Gasteiger partial charge in [0.25, 0.3) is 0 Å². The second kappa shape index (κ2) is 40.4. The molecule has 0 nitrogen and oxygen atoms in total. The number of hydrogen-bond donors (Lipinski definition) is 0. The molecule has 0 N–H and O–H groups in total. The van der Waals surface area contributed by atoms with Gasteiger partial charge >= 0.3 is 0 Å². The predicted molar refractivity (Wildman–Crippen MR) is 34.5 cm³/mol. The van der Waals surface area contributed by atoms with Crippen molar-refractivity contribution in [1.29, 1.82) is 0 Å². The maximum Gasteiger partial charge on any atom is 0 e. The van der Waals surface area contributed by atoms with Gasteiger partial charge < -0.3 is 0 Å². The minimum atomic E-state index is 0. The topological polar surface area (TPSA) is 0 Å². The Balaban J connectivity index is 0. The van der Waals surface area contributed by atoms with Gasteiger partial charge in [-0.15, -0.1) is 0 Å². The van der Waals surface area contributed by atoms with Crippen molar-refractivity contribution in [3.63, 3.8) is 0 Å². The SMILES string of the molecule is [Al].[Al].[Al].[Al].[Li].[Li]. The first-order chi connectivity index (χ1) is 0. The van der Waals surface area contributed by atoms with E-state index in [2.05, 4.69) is 0 Å². The Morgan fingerprint density at radius 2 is 0.333 bits per heavy atom. The van der Waals surface area contributed by atoms with Crippen LogP contribution in [0.3, 0.4) is 0 Å². The van der Waals surface area contributed by atoms with E-state index in [-0.39, 0.29) is 107 Å². The van der Waals surface area contributed by atoms with Crippen LogP contribution >= 0.6 is 0 Å². The van der Waals surface area contributed by atoms with Crippen LogP contribution in [0.1, 0.15) is 0 Å². The summed E-state index contributed by atoms with van der Waals surface area (Å²) in [5.74, 6) is 0. The molecule has 0 aliphatic carbocycles. The molecule has 0 saturated carbocycles. The Bertz CT molecular complexity index is 5.51. The minimum absolute atomic E-state index is 0. The van der Waals surface area contributed by atoms with Crippen molar-refractivity contribution in [2.45, 2.75) is 0 Å². The summed E-state index contributed by atoms with van der Waals surface area (Å²) < 4.78 is 0. The molecule has 0 spiro atoms. The smallest absolute Gasteiger partial charge is 0 e. The molecule has 0 amide bonds. The van der Waals surface area contributed by atoms with Gasteiger partial charge in [-0.3, -0.25) is 0 Å². The average molecular weight is 122 g/mol. The van der Waals surface area contributed by atoms with Crippen molar-refractivity contribution < 1.29 is 0 Å². The van der Waals surface area contributed by atoms with E-state index < -0.39 is 0 Å². The van der Waals surface area contributed by atoms with E-state index in [4.69, 9.17) is 0 Å². The maximum atomic E-state index is 0. The van der Waals surface area contributed by atoms with Crippen molar-refractivity contribution in [2.24, 2.45) is 0 Å². The van der Waals surface area contributed by atoms with Crippen LogP contribution in [-0.4, -0.2) is 107 Å². The van der Waals surface area contributed by atoms with Crippen LogP contribution in [0.25, 0.3) is 0 Å². The van der Waals surface area contributed by atoms with Gasteiger partial charge in [0, 0.05) is 107 Å². The molecule has 0 heterocycles. The minimum Gasteiger partial charge on any atom is 0 e. The van der Waals surface area contributed by atoms with Crippen molar-refractivity contribution >= 4 is 107 Å². The summed E-state index contributed by atoms with van der Waals surface area (Å²) in [6.07, 6.45) is 0. The molecule has 0 saturated heterocycles. The third kappa shape index (κ3) is 26.5. The second-order valence-corrected chi connectivity index (χ2v) is 0. The predicted octanol–water partition coefficient (Wildman–Crippen LogP) is -2.28. The first kappa shape index (κ1) is 58.5. The standard InChI is InChI=1S/4Al.2Li. The van der Waals surface area contributed by atoms with Crippen molar-refractivity contribution in [3.05, 3.63) is 0 Å². The molecule has 0 bridgehead atoms. The second-order valence-electron chi connectivity index (χ2n) is 0. The Kier molecular flexibility index (Phi) is 394.